The van der Waals surface area contributed by atoms with E-state index >= 15 is 0 Å². The van der Waals surface area contributed by atoms with Crippen molar-refractivity contribution in [3.05, 3.63) is 35.9 Å². The average molecular weight is 259 g/mol. The first-order valence-corrected chi connectivity index (χ1v) is 7.82. The summed E-state index contributed by atoms with van der Waals surface area (Å²) in [6.45, 7) is 9.71. The Labute approximate surface area is 119 Å². The normalized spacial score (nSPS) is 19.3. The van der Waals surface area contributed by atoms with Gasteiger partial charge in [-0.15, -0.1) is 0 Å². The van der Waals surface area contributed by atoms with Crippen molar-refractivity contribution in [1.29, 1.82) is 0 Å². The van der Waals surface area contributed by atoms with Crippen molar-refractivity contribution in [2.75, 3.05) is 13.1 Å². The van der Waals surface area contributed by atoms with Crippen molar-refractivity contribution in [1.82, 2.24) is 4.90 Å². The van der Waals surface area contributed by atoms with Crippen LogP contribution in [0, 0.1) is 5.41 Å². The lowest BCUT2D eigenvalue weighted by atomic mass is 9.84. The van der Waals surface area contributed by atoms with Crippen LogP contribution in [0.25, 0.3) is 0 Å². The number of nitrogens with zero attached hydrogens (tertiary/aromatic N) is 1. The smallest absolute Gasteiger partial charge is 0.0141 e. The fraction of sp³-hybridized carbons (Fsp3) is 0.667. The predicted octanol–water partition coefficient (Wildman–Crippen LogP) is 4.52. The van der Waals surface area contributed by atoms with Gasteiger partial charge in [-0.25, -0.2) is 0 Å². The van der Waals surface area contributed by atoms with Crippen LogP contribution in [-0.4, -0.2) is 24.0 Å². The SMILES string of the molecule is CC(C)(C)CC(Cc1ccccc1)N1CCCCC1. The van der Waals surface area contributed by atoms with Crippen LogP contribution < -0.4 is 0 Å². The van der Waals surface area contributed by atoms with E-state index in [4.69, 9.17) is 0 Å². The Bertz CT molecular complexity index is 357. The molecule has 0 amide bonds. The lowest BCUT2D eigenvalue weighted by Gasteiger charge is -2.38. The van der Waals surface area contributed by atoms with E-state index in [0.29, 0.717) is 11.5 Å². The molecule has 0 bridgehead atoms. The summed E-state index contributed by atoms with van der Waals surface area (Å²) in [5, 5.41) is 0. The van der Waals surface area contributed by atoms with E-state index < -0.39 is 0 Å². The van der Waals surface area contributed by atoms with Crippen molar-refractivity contribution >= 4 is 0 Å². The van der Waals surface area contributed by atoms with Gasteiger partial charge in [-0.05, 0) is 49.8 Å². The Morgan fingerprint density at radius 3 is 2.21 bits per heavy atom. The van der Waals surface area contributed by atoms with Crippen molar-refractivity contribution in [2.24, 2.45) is 5.41 Å². The van der Waals surface area contributed by atoms with Crippen LogP contribution in [0.1, 0.15) is 52.0 Å². The highest BCUT2D eigenvalue weighted by molar-refractivity contribution is 5.16. The fourth-order valence-corrected chi connectivity index (χ4v) is 3.21. The first kappa shape index (κ1) is 14.6. The maximum absolute atomic E-state index is 2.74. The monoisotopic (exact) mass is 259 g/mol. The Morgan fingerprint density at radius 1 is 1.00 bits per heavy atom. The Balaban J connectivity index is 2.05. The summed E-state index contributed by atoms with van der Waals surface area (Å²) in [5.41, 5.74) is 1.90. The van der Waals surface area contributed by atoms with E-state index in [0.717, 1.165) is 0 Å². The third-order valence-electron chi connectivity index (χ3n) is 4.07. The van der Waals surface area contributed by atoms with E-state index in [9.17, 15) is 0 Å². The molecule has 0 aromatic heterocycles. The zero-order chi connectivity index (χ0) is 13.7. The minimum atomic E-state index is 0.414. The molecule has 1 aliphatic rings. The van der Waals surface area contributed by atoms with Gasteiger partial charge in [0.05, 0.1) is 0 Å². The van der Waals surface area contributed by atoms with Gasteiger partial charge < -0.3 is 4.90 Å². The largest absolute Gasteiger partial charge is 0.300 e. The molecule has 1 aromatic rings. The first-order chi connectivity index (χ1) is 9.04. The van der Waals surface area contributed by atoms with Gasteiger partial charge in [0.2, 0.25) is 0 Å². The molecule has 0 aliphatic carbocycles. The van der Waals surface area contributed by atoms with Gasteiger partial charge in [-0.3, -0.25) is 0 Å². The number of benzene rings is 1. The summed E-state index contributed by atoms with van der Waals surface area (Å²) in [7, 11) is 0. The van der Waals surface area contributed by atoms with E-state index in [1.54, 1.807) is 0 Å². The maximum atomic E-state index is 2.74. The van der Waals surface area contributed by atoms with Gasteiger partial charge in [0.1, 0.15) is 0 Å². The molecule has 2 rings (SSSR count). The fourth-order valence-electron chi connectivity index (χ4n) is 3.21. The summed E-state index contributed by atoms with van der Waals surface area (Å²) in [6, 6.07) is 11.7. The lowest BCUT2D eigenvalue weighted by molar-refractivity contribution is 0.124. The molecule has 1 nitrogen and oxygen atoms in total. The molecule has 1 heterocycles. The molecular weight excluding hydrogens is 230 g/mol. The van der Waals surface area contributed by atoms with Gasteiger partial charge in [0.15, 0.2) is 0 Å². The number of hydrogen-bond acceptors (Lipinski definition) is 1. The molecule has 1 heteroatoms. The molecule has 1 fully saturated rings. The van der Waals surface area contributed by atoms with E-state index in [2.05, 4.69) is 56.0 Å². The highest BCUT2D eigenvalue weighted by Gasteiger charge is 2.25. The second-order valence-corrected chi connectivity index (χ2v) is 7.20. The predicted molar refractivity (Wildman–Crippen MR) is 83.4 cm³/mol. The highest BCUT2D eigenvalue weighted by Crippen LogP contribution is 2.27. The van der Waals surface area contributed by atoms with Gasteiger partial charge in [-0.1, -0.05) is 57.5 Å². The molecule has 1 atom stereocenters. The number of rotatable bonds is 4. The molecule has 1 aliphatic heterocycles. The second kappa shape index (κ2) is 6.56. The molecule has 106 valence electrons. The van der Waals surface area contributed by atoms with Gasteiger partial charge in [0.25, 0.3) is 0 Å². The van der Waals surface area contributed by atoms with E-state index in [1.807, 2.05) is 0 Å². The van der Waals surface area contributed by atoms with Crippen LogP contribution in [-0.2, 0) is 6.42 Å². The number of likely N-dealkylation sites (tertiary alicyclic amines) is 1. The summed E-state index contributed by atoms with van der Waals surface area (Å²) in [5.74, 6) is 0. The minimum absolute atomic E-state index is 0.414. The number of hydrogen-bond donors (Lipinski definition) is 0. The molecule has 0 N–H and O–H groups in total. The second-order valence-electron chi connectivity index (χ2n) is 7.20. The zero-order valence-electron chi connectivity index (χ0n) is 12.9. The third-order valence-corrected chi connectivity index (χ3v) is 4.07. The number of piperidine rings is 1. The van der Waals surface area contributed by atoms with E-state index in [-0.39, 0.29) is 0 Å². The minimum Gasteiger partial charge on any atom is -0.300 e. The average Bonchev–Trinajstić information content (AvgIpc) is 2.39. The Kier molecular flexibility index (Phi) is 5.04. The molecule has 1 unspecified atom stereocenters. The molecular formula is C18H29N. The Morgan fingerprint density at radius 2 is 1.63 bits per heavy atom. The first-order valence-electron chi connectivity index (χ1n) is 7.82. The molecule has 1 aromatic carbocycles. The van der Waals surface area contributed by atoms with Crippen LogP contribution in [0.5, 0.6) is 0 Å². The van der Waals surface area contributed by atoms with Crippen molar-refractivity contribution in [3.8, 4) is 0 Å². The molecule has 0 saturated carbocycles. The van der Waals surface area contributed by atoms with Crippen LogP contribution in [0.2, 0.25) is 0 Å². The molecule has 0 radical (unpaired) electrons. The zero-order valence-corrected chi connectivity index (χ0v) is 12.9. The topological polar surface area (TPSA) is 3.24 Å². The van der Waals surface area contributed by atoms with Crippen molar-refractivity contribution in [2.45, 2.75) is 58.9 Å². The van der Waals surface area contributed by atoms with Crippen LogP contribution in [0.15, 0.2) is 30.3 Å². The third kappa shape index (κ3) is 4.99. The standard InChI is InChI=1S/C18H29N/c1-18(2,3)15-17(19-12-8-5-9-13-19)14-16-10-6-4-7-11-16/h4,6-7,10-11,17H,5,8-9,12-15H2,1-3H3. The van der Waals surface area contributed by atoms with Crippen LogP contribution in [0.4, 0.5) is 0 Å². The van der Waals surface area contributed by atoms with Gasteiger partial charge >= 0.3 is 0 Å². The Hall–Kier alpha value is -0.820. The van der Waals surface area contributed by atoms with Crippen molar-refractivity contribution < 1.29 is 0 Å². The summed E-state index contributed by atoms with van der Waals surface area (Å²) >= 11 is 0. The maximum Gasteiger partial charge on any atom is 0.0141 e. The summed E-state index contributed by atoms with van der Waals surface area (Å²) in [6.07, 6.45) is 6.69. The quantitative estimate of drug-likeness (QED) is 0.768. The molecule has 1 saturated heterocycles. The lowest BCUT2D eigenvalue weighted by Crippen LogP contribution is -2.42. The van der Waals surface area contributed by atoms with Gasteiger partial charge in [0, 0.05) is 6.04 Å². The molecule has 19 heavy (non-hydrogen) atoms. The highest BCUT2D eigenvalue weighted by atomic mass is 15.2. The van der Waals surface area contributed by atoms with Crippen molar-refractivity contribution in [3.63, 3.8) is 0 Å². The molecule has 0 spiro atoms. The van der Waals surface area contributed by atoms with Gasteiger partial charge in [-0.2, -0.15) is 0 Å². The summed E-state index contributed by atoms with van der Waals surface area (Å²) in [4.78, 5) is 2.74. The summed E-state index contributed by atoms with van der Waals surface area (Å²) < 4.78 is 0. The van der Waals surface area contributed by atoms with E-state index in [1.165, 1.54) is 50.8 Å². The van der Waals surface area contributed by atoms with Crippen LogP contribution >= 0.6 is 0 Å². The van der Waals surface area contributed by atoms with Crippen LogP contribution in [0.3, 0.4) is 0 Å².